The Morgan fingerprint density at radius 2 is 1.77 bits per heavy atom. The summed E-state index contributed by atoms with van der Waals surface area (Å²) in [5.41, 5.74) is 6.67. The van der Waals surface area contributed by atoms with Gasteiger partial charge in [-0.1, -0.05) is 42.5 Å². The number of anilines is 1. The lowest BCUT2D eigenvalue weighted by Crippen LogP contribution is -2.52. The van der Waals surface area contributed by atoms with Crippen LogP contribution in [0, 0.1) is 28.4 Å². The molecule has 0 bridgehead atoms. The Hall–Kier alpha value is -6.62. The summed E-state index contributed by atoms with van der Waals surface area (Å²) in [6.07, 6.45) is 2.38. The van der Waals surface area contributed by atoms with E-state index in [4.69, 9.17) is 4.74 Å². The molecular formula is C43H40N8O5. The number of aromatic amines is 1. The number of amides is 2. The summed E-state index contributed by atoms with van der Waals surface area (Å²) in [4.78, 5) is 47.3. The zero-order chi connectivity index (χ0) is 38.9. The molecular weight excluding hydrogens is 709 g/mol. The van der Waals surface area contributed by atoms with Gasteiger partial charge in [0.05, 0.1) is 53.6 Å². The monoisotopic (exact) mass is 748 g/mol. The molecule has 0 radical (unpaired) electrons. The van der Waals surface area contributed by atoms with Crippen molar-refractivity contribution < 1.29 is 19.2 Å². The fraction of sp³-hybridized carbons (Fsp3) is 0.256. The summed E-state index contributed by atoms with van der Waals surface area (Å²) >= 11 is 0. The number of benzene rings is 4. The number of rotatable bonds is 9. The first-order valence-electron chi connectivity index (χ1n) is 18.6. The number of nitro groups is 1. The molecule has 6 aromatic rings. The molecule has 4 heterocycles. The van der Waals surface area contributed by atoms with Crippen molar-refractivity contribution in [3.8, 4) is 17.3 Å². The number of nitrogens with zero attached hydrogens (tertiary/aromatic N) is 7. The Morgan fingerprint density at radius 1 is 1.00 bits per heavy atom. The highest BCUT2D eigenvalue weighted by molar-refractivity contribution is 6.09. The number of aromatic nitrogens is 3. The van der Waals surface area contributed by atoms with Gasteiger partial charge in [0.1, 0.15) is 0 Å². The van der Waals surface area contributed by atoms with E-state index in [1.807, 2.05) is 60.4 Å². The molecule has 2 aliphatic rings. The number of carbonyl (C=O) groups excluding carboxylic acids is 2. The lowest BCUT2D eigenvalue weighted by Gasteiger charge is -2.40. The molecule has 0 spiro atoms. The summed E-state index contributed by atoms with van der Waals surface area (Å²) in [5.74, 6) is -0.579. The van der Waals surface area contributed by atoms with Gasteiger partial charge >= 0.3 is 0 Å². The first-order valence-corrected chi connectivity index (χ1v) is 18.6. The van der Waals surface area contributed by atoms with Crippen LogP contribution in [-0.4, -0.2) is 80.2 Å². The molecule has 2 aliphatic heterocycles. The molecule has 1 saturated heterocycles. The average Bonchev–Trinajstić information content (AvgIpc) is 3.82. The van der Waals surface area contributed by atoms with Crippen molar-refractivity contribution in [2.24, 2.45) is 7.05 Å². The molecule has 0 aliphatic carbocycles. The average molecular weight is 749 g/mol. The van der Waals surface area contributed by atoms with Gasteiger partial charge in [-0.25, -0.2) is 0 Å². The van der Waals surface area contributed by atoms with Crippen LogP contribution in [0.15, 0.2) is 97.2 Å². The number of ether oxygens (including phenoxy) is 1. The van der Waals surface area contributed by atoms with Crippen molar-refractivity contribution in [2.45, 2.75) is 32.5 Å². The van der Waals surface area contributed by atoms with Gasteiger partial charge in [0.2, 0.25) is 0 Å². The van der Waals surface area contributed by atoms with Crippen LogP contribution in [0.3, 0.4) is 0 Å². The normalized spacial score (nSPS) is 15.7. The second-order valence-corrected chi connectivity index (χ2v) is 14.3. The predicted octanol–water partition coefficient (Wildman–Crippen LogP) is 6.40. The molecule has 4 aromatic carbocycles. The fourth-order valence-electron chi connectivity index (χ4n) is 7.90. The summed E-state index contributed by atoms with van der Waals surface area (Å²) < 4.78 is 7.40. The molecule has 2 aromatic heterocycles. The minimum absolute atomic E-state index is 0.105. The Bertz CT molecular complexity index is 2530. The van der Waals surface area contributed by atoms with E-state index in [0.29, 0.717) is 77.6 Å². The third-order valence-electron chi connectivity index (χ3n) is 11.1. The summed E-state index contributed by atoms with van der Waals surface area (Å²) in [6.45, 7) is 5.81. The van der Waals surface area contributed by atoms with Gasteiger partial charge in [0, 0.05) is 85.0 Å². The Labute approximate surface area is 323 Å². The Morgan fingerprint density at radius 3 is 2.55 bits per heavy atom. The van der Waals surface area contributed by atoms with E-state index < -0.39 is 4.92 Å². The van der Waals surface area contributed by atoms with Crippen LogP contribution in [0.25, 0.3) is 22.2 Å². The number of H-pyrrole nitrogens is 1. The second kappa shape index (κ2) is 15.3. The molecule has 1 fully saturated rings. The third kappa shape index (κ3) is 6.92. The molecule has 13 heteroatoms. The van der Waals surface area contributed by atoms with Crippen molar-refractivity contribution in [3.63, 3.8) is 0 Å². The van der Waals surface area contributed by atoms with E-state index in [2.05, 4.69) is 27.2 Å². The van der Waals surface area contributed by atoms with E-state index in [1.54, 1.807) is 40.9 Å². The standard InChI is InChI=1S/C43H40N8O5/c1-28-38(43(53)49(26-33-10-6-4-8-30(33)23-44)34-12-11-31-24-45-46-40(31)21-34)22-41(47(28)2)39-20-35(51(54)55)13-14-37(39)42(52)50-25-32-9-5-3-7-29(32)19-36(50)27-48-15-17-56-18-16-48/h3-14,20-22,24,36H,15-19,25-27H2,1-2H3,(H,45,46)/t36-/m0/s1. The topological polar surface area (TPSA) is 154 Å². The fourth-order valence-corrected chi connectivity index (χ4v) is 7.90. The van der Waals surface area contributed by atoms with Crippen LogP contribution in [0.4, 0.5) is 11.4 Å². The number of nitriles is 1. The minimum Gasteiger partial charge on any atom is -0.379 e. The van der Waals surface area contributed by atoms with E-state index >= 15 is 0 Å². The second-order valence-electron chi connectivity index (χ2n) is 14.3. The SMILES string of the molecule is Cc1c(C(=O)N(Cc2ccccc2C#N)c2ccc3cn[nH]c3c2)cc(-c2cc([N+](=O)[O-])ccc2C(=O)N2Cc3ccccc3C[C@H]2CN2CCOCC2)n1C. The van der Waals surface area contributed by atoms with Crippen LogP contribution in [0.1, 0.15) is 48.7 Å². The maximum atomic E-state index is 14.9. The van der Waals surface area contributed by atoms with Gasteiger partial charge in [0.25, 0.3) is 17.5 Å². The third-order valence-corrected chi connectivity index (χ3v) is 11.1. The molecule has 2 amide bonds. The highest BCUT2D eigenvalue weighted by Crippen LogP contribution is 2.35. The maximum absolute atomic E-state index is 14.9. The van der Waals surface area contributed by atoms with Crippen LogP contribution in [0.5, 0.6) is 0 Å². The number of morpholine rings is 1. The smallest absolute Gasteiger partial charge is 0.270 e. The number of carbonyl (C=O) groups is 2. The number of nitro benzene ring substituents is 1. The van der Waals surface area contributed by atoms with Crippen LogP contribution in [-0.2, 0) is 31.3 Å². The van der Waals surface area contributed by atoms with Gasteiger partial charge in [-0.15, -0.1) is 0 Å². The molecule has 282 valence electrons. The molecule has 8 rings (SSSR count). The molecule has 0 unspecified atom stereocenters. The summed E-state index contributed by atoms with van der Waals surface area (Å²) in [7, 11) is 1.79. The van der Waals surface area contributed by atoms with Crippen LogP contribution >= 0.6 is 0 Å². The van der Waals surface area contributed by atoms with Gasteiger partial charge in [-0.2, -0.15) is 10.4 Å². The predicted molar refractivity (Wildman–Crippen MR) is 211 cm³/mol. The first-order chi connectivity index (χ1) is 27.2. The number of nitrogens with one attached hydrogen (secondary N) is 1. The van der Waals surface area contributed by atoms with Gasteiger partial charge in [0.15, 0.2) is 0 Å². The summed E-state index contributed by atoms with van der Waals surface area (Å²) in [5, 5.41) is 30.1. The van der Waals surface area contributed by atoms with E-state index in [9.17, 15) is 25.0 Å². The lowest BCUT2D eigenvalue weighted by molar-refractivity contribution is -0.384. The quantitative estimate of drug-likeness (QED) is 0.132. The molecule has 1 N–H and O–H groups in total. The first kappa shape index (κ1) is 36.4. The lowest BCUT2D eigenvalue weighted by atomic mass is 9.92. The highest BCUT2D eigenvalue weighted by atomic mass is 16.6. The van der Waals surface area contributed by atoms with Gasteiger partial charge < -0.3 is 19.1 Å². The van der Waals surface area contributed by atoms with Gasteiger partial charge in [-0.05, 0) is 66.4 Å². The van der Waals surface area contributed by atoms with E-state index in [-0.39, 0.29) is 30.1 Å². The Balaban J connectivity index is 1.20. The van der Waals surface area contributed by atoms with Crippen LogP contribution in [0.2, 0.25) is 0 Å². The maximum Gasteiger partial charge on any atom is 0.270 e. The number of non-ortho nitro benzene ring substituents is 1. The molecule has 13 nitrogen and oxygen atoms in total. The zero-order valence-corrected chi connectivity index (χ0v) is 31.1. The number of fused-ring (bicyclic) bond motifs is 2. The van der Waals surface area contributed by atoms with E-state index in [1.165, 1.54) is 23.8 Å². The largest absolute Gasteiger partial charge is 0.379 e. The molecule has 1 atom stereocenters. The molecule has 56 heavy (non-hydrogen) atoms. The van der Waals surface area contributed by atoms with Crippen molar-refractivity contribution in [2.75, 3.05) is 37.7 Å². The minimum atomic E-state index is -0.474. The van der Waals surface area contributed by atoms with Crippen molar-refractivity contribution in [1.29, 1.82) is 5.26 Å². The zero-order valence-electron chi connectivity index (χ0n) is 31.1. The Kier molecular flexibility index (Phi) is 9.90. The summed E-state index contributed by atoms with van der Waals surface area (Å²) in [6, 6.07) is 29.0. The van der Waals surface area contributed by atoms with Crippen molar-refractivity contribution in [3.05, 3.63) is 146 Å². The number of hydrogen-bond acceptors (Lipinski definition) is 8. The van der Waals surface area contributed by atoms with Crippen molar-refractivity contribution >= 4 is 34.1 Å². The van der Waals surface area contributed by atoms with Crippen molar-refractivity contribution in [1.82, 2.24) is 24.6 Å². The molecule has 0 saturated carbocycles. The highest BCUT2D eigenvalue weighted by Gasteiger charge is 2.34. The van der Waals surface area contributed by atoms with Crippen LogP contribution < -0.4 is 4.90 Å². The van der Waals surface area contributed by atoms with Gasteiger partial charge in [-0.3, -0.25) is 29.7 Å². The number of hydrogen-bond donors (Lipinski definition) is 1. The van der Waals surface area contributed by atoms with E-state index in [0.717, 1.165) is 29.6 Å².